The van der Waals surface area contributed by atoms with E-state index in [0.29, 0.717) is 5.69 Å². The molecule has 0 atom stereocenters. The van der Waals surface area contributed by atoms with Gasteiger partial charge in [-0.1, -0.05) is 13.8 Å². The number of pyridine rings is 1. The van der Waals surface area contributed by atoms with Crippen LogP contribution in [0.4, 0.5) is 0 Å². The average Bonchev–Trinajstić information content (AvgIpc) is 2.47. The second kappa shape index (κ2) is 10.3. The number of fused-ring (bicyclic) bond motifs is 1. The molecule has 128 valence electrons. The molecule has 23 heavy (non-hydrogen) atoms. The van der Waals surface area contributed by atoms with Gasteiger partial charge in [0.05, 0.1) is 5.52 Å². The number of halogens is 3. The Hall–Kier alpha value is -0.630. The Morgan fingerprint density at radius 3 is 2.43 bits per heavy atom. The number of primary amides is 1. The van der Waals surface area contributed by atoms with Crippen molar-refractivity contribution in [1.82, 2.24) is 9.88 Å². The lowest BCUT2D eigenvalue weighted by molar-refractivity contribution is 0.0995. The van der Waals surface area contributed by atoms with Gasteiger partial charge in [0.15, 0.2) is 0 Å². The number of benzene rings is 1. The molecular weight excluding hydrogens is 448 g/mol. The Bertz CT molecular complexity index is 663. The Morgan fingerprint density at radius 1 is 1.22 bits per heavy atom. The summed E-state index contributed by atoms with van der Waals surface area (Å²) in [5.74, 6) is -0.454. The lowest BCUT2D eigenvalue weighted by Crippen LogP contribution is -2.26. The summed E-state index contributed by atoms with van der Waals surface area (Å²) >= 11 is 2.28. The number of likely N-dealkylation sites (N-methyl/N-ethyl adjacent to an activating group) is 1. The number of nitrogens with two attached hydrogens (primary N) is 1. The van der Waals surface area contributed by atoms with Crippen LogP contribution in [0.3, 0.4) is 0 Å². The smallest absolute Gasteiger partial charge is 0.267 e. The first-order chi connectivity index (χ1) is 10.0. The maximum absolute atomic E-state index is 11.7. The summed E-state index contributed by atoms with van der Waals surface area (Å²) < 4.78 is 1.16. The average molecular weight is 470 g/mol. The van der Waals surface area contributed by atoms with Crippen LogP contribution in [0.5, 0.6) is 0 Å². The highest BCUT2D eigenvalue weighted by atomic mass is 127. The predicted molar refractivity (Wildman–Crippen MR) is 109 cm³/mol. The van der Waals surface area contributed by atoms with E-state index in [1.54, 1.807) is 0 Å². The maximum Gasteiger partial charge on any atom is 0.267 e. The predicted octanol–water partition coefficient (Wildman–Crippen LogP) is 3.67. The van der Waals surface area contributed by atoms with Gasteiger partial charge in [-0.05, 0) is 71.9 Å². The third kappa shape index (κ3) is 5.74. The van der Waals surface area contributed by atoms with Crippen LogP contribution in [0.25, 0.3) is 10.9 Å². The van der Waals surface area contributed by atoms with Crippen molar-refractivity contribution in [2.24, 2.45) is 5.73 Å². The molecule has 0 aliphatic rings. The first kappa shape index (κ1) is 22.4. The Balaban J connectivity index is 0.00000242. The van der Waals surface area contributed by atoms with E-state index in [1.165, 1.54) is 0 Å². The molecule has 0 bridgehead atoms. The number of aromatic nitrogens is 1. The molecule has 2 N–H and O–H groups in total. The van der Waals surface area contributed by atoms with Crippen molar-refractivity contribution < 1.29 is 4.79 Å². The zero-order valence-electron chi connectivity index (χ0n) is 13.2. The lowest BCUT2D eigenvalue weighted by Gasteiger charge is -2.18. The van der Waals surface area contributed by atoms with Gasteiger partial charge >= 0.3 is 0 Å². The van der Waals surface area contributed by atoms with E-state index < -0.39 is 5.91 Å². The van der Waals surface area contributed by atoms with Crippen LogP contribution in [0.15, 0.2) is 24.3 Å². The van der Waals surface area contributed by atoms with Crippen molar-refractivity contribution >= 4 is 64.2 Å². The molecule has 2 rings (SSSR count). The fourth-order valence-electron chi connectivity index (χ4n) is 2.41. The third-order valence-corrected chi connectivity index (χ3v) is 4.35. The Labute approximate surface area is 163 Å². The van der Waals surface area contributed by atoms with Gasteiger partial charge in [0.2, 0.25) is 0 Å². The quantitative estimate of drug-likeness (QED) is 0.656. The molecule has 1 aromatic carbocycles. The van der Waals surface area contributed by atoms with Crippen molar-refractivity contribution in [3.63, 3.8) is 0 Å². The van der Waals surface area contributed by atoms with Gasteiger partial charge in [-0.15, -0.1) is 24.8 Å². The normalized spacial score (nSPS) is 10.3. The summed E-state index contributed by atoms with van der Waals surface area (Å²) in [5, 5.41) is 1.06. The zero-order valence-corrected chi connectivity index (χ0v) is 17.0. The van der Waals surface area contributed by atoms with Crippen LogP contribution in [-0.4, -0.2) is 35.4 Å². The second-order valence-electron chi connectivity index (χ2n) is 4.97. The molecule has 0 radical (unpaired) electrons. The minimum Gasteiger partial charge on any atom is -0.364 e. The molecule has 4 nitrogen and oxygen atoms in total. The van der Waals surface area contributed by atoms with E-state index in [2.05, 4.69) is 52.4 Å². The fraction of sp³-hybridized carbons (Fsp3) is 0.375. The number of amides is 1. The standard InChI is InChI=1S/C16H20IN3O.2ClH/c1-3-20(4-2)8-7-11-9-12-10-13(17)5-6-14(12)19-15(11)16(18)21;;/h5-6,9-10H,3-4,7-8H2,1-2H3,(H2,18,21);2*1H. The SMILES string of the molecule is CCN(CC)CCc1cc2cc(I)ccc2nc1C(N)=O.Cl.Cl. The van der Waals surface area contributed by atoms with E-state index in [9.17, 15) is 4.79 Å². The molecular formula is C16H22Cl2IN3O. The van der Waals surface area contributed by atoms with Gasteiger partial charge in [0.1, 0.15) is 5.69 Å². The molecule has 0 aliphatic heterocycles. The minimum absolute atomic E-state index is 0. The Kier molecular flexibility index (Phi) is 10.00. The van der Waals surface area contributed by atoms with E-state index >= 15 is 0 Å². The lowest BCUT2D eigenvalue weighted by atomic mass is 10.1. The van der Waals surface area contributed by atoms with Crippen molar-refractivity contribution in [2.75, 3.05) is 19.6 Å². The van der Waals surface area contributed by atoms with Crippen LogP contribution in [-0.2, 0) is 6.42 Å². The fourth-order valence-corrected chi connectivity index (χ4v) is 2.93. The summed E-state index contributed by atoms with van der Waals surface area (Å²) in [6, 6.07) is 8.04. The first-order valence-corrected chi connectivity index (χ1v) is 8.24. The molecule has 0 fully saturated rings. The van der Waals surface area contributed by atoms with E-state index in [-0.39, 0.29) is 24.8 Å². The molecule has 0 saturated heterocycles. The summed E-state index contributed by atoms with van der Waals surface area (Å²) in [4.78, 5) is 18.4. The van der Waals surface area contributed by atoms with Gasteiger partial charge in [0.25, 0.3) is 5.91 Å². The van der Waals surface area contributed by atoms with Crippen LogP contribution >= 0.6 is 47.4 Å². The summed E-state index contributed by atoms with van der Waals surface area (Å²) in [6.45, 7) is 7.19. The first-order valence-electron chi connectivity index (χ1n) is 7.16. The van der Waals surface area contributed by atoms with Gasteiger partial charge < -0.3 is 10.6 Å². The third-order valence-electron chi connectivity index (χ3n) is 3.68. The molecule has 0 saturated carbocycles. The monoisotopic (exact) mass is 469 g/mol. The number of nitrogens with zero attached hydrogens (tertiary/aromatic N) is 2. The number of hydrogen-bond acceptors (Lipinski definition) is 3. The second-order valence-corrected chi connectivity index (χ2v) is 6.22. The summed E-state index contributed by atoms with van der Waals surface area (Å²) in [7, 11) is 0. The topological polar surface area (TPSA) is 59.2 Å². The Morgan fingerprint density at radius 2 is 1.87 bits per heavy atom. The molecule has 0 unspecified atom stereocenters. The highest BCUT2D eigenvalue weighted by Crippen LogP contribution is 2.20. The number of carbonyl (C=O) groups excluding carboxylic acids is 1. The van der Waals surface area contributed by atoms with Crippen molar-refractivity contribution in [2.45, 2.75) is 20.3 Å². The van der Waals surface area contributed by atoms with Gasteiger partial charge in [-0.25, -0.2) is 4.98 Å². The number of carbonyl (C=O) groups is 1. The number of hydrogen-bond donors (Lipinski definition) is 1. The molecule has 1 amide bonds. The molecule has 1 aromatic heterocycles. The van der Waals surface area contributed by atoms with Gasteiger partial charge in [-0.3, -0.25) is 4.79 Å². The van der Waals surface area contributed by atoms with Gasteiger partial charge in [0, 0.05) is 15.5 Å². The van der Waals surface area contributed by atoms with Crippen LogP contribution in [0.2, 0.25) is 0 Å². The van der Waals surface area contributed by atoms with Crippen molar-refractivity contribution in [1.29, 1.82) is 0 Å². The van der Waals surface area contributed by atoms with Crippen LogP contribution in [0, 0.1) is 3.57 Å². The van der Waals surface area contributed by atoms with Gasteiger partial charge in [-0.2, -0.15) is 0 Å². The molecule has 0 aliphatic carbocycles. The van der Waals surface area contributed by atoms with Crippen LogP contribution in [0.1, 0.15) is 29.9 Å². The number of rotatable bonds is 6. The van der Waals surface area contributed by atoms with E-state index in [0.717, 1.165) is 46.1 Å². The highest BCUT2D eigenvalue weighted by Gasteiger charge is 2.13. The summed E-state index contributed by atoms with van der Waals surface area (Å²) in [5.41, 5.74) is 7.64. The minimum atomic E-state index is -0.454. The van der Waals surface area contributed by atoms with E-state index in [4.69, 9.17) is 5.73 Å². The van der Waals surface area contributed by atoms with E-state index in [1.807, 2.05) is 18.2 Å². The van der Waals surface area contributed by atoms with Crippen molar-refractivity contribution in [3.05, 3.63) is 39.1 Å². The summed E-state index contributed by atoms with van der Waals surface area (Å²) in [6.07, 6.45) is 0.786. The largest absolute Gasteiger partial charge is 0.364 e. The zero-order chi connectivity index (χ0) is 15.4. The molecule has 1 heterocycles. The highest BCUT2D eigenvalue weighted by molar-refractivity contribution is 14.1. The molecule has 2 aromatic rings. The molecule has 0 spiro atoms. The van der Waals surface area contributed by atoms with Crippen LogP contribution < -0.4 is 5.73 Å². The van der Waals surface area contributed by atoms with Crippen molar-refractivity contribution in [3.8, 4) is 0 Å². The molecule has 7 heteroatoms. The maximum atomic E-state index is 11.7.